The fourth-order valence-electron chi connectivity index (χ4n) is 3.72. The Hall–Kier alpha value is -2.93. The Labute approximate surface area is 164 Å². The smallest absolute Gasteiger partial charge is 0.222 e. The first-order chi connectivity index (χ1) is 13.6. The van der Waals surface area contributed by atoms with E-state index in [2.05, 4.69) is 30.8 Å². The molecule has 0 spiro atoms. The number of benzene rings is 1. The lowest BCUT2D eigenvalue weighted by molar-refractivity contribution is -0.119. The maximum atomic E-state index is 11.2. The fraction of sp³-hybridized carbons (Fsp3) is 0.381. The molecule has 7 nitrogen and oxygen atoms in total. The van der Waals surface area contributed by atoms with Crippen LogP contribution in [0.1, 0.15) is 25.5 Å². The third-order valence-corrected chi connectivity index (χ3v) is 5.16. The summed E-state index contributed by atoms with van der Waals surface area (Å²) >= 11 is 0. The highest BCUT2D eigenvalue weighted by atomic mass is 16.5. The zero-order valence-corrected chi connectivity index (χ0v) is 16.3. The summed E-state index contributed by atoms with van der Waals surface area (Å²) < 4.78 is 8.04. The van der Waals surface area contributed by atoms with Gasteiger partial charge in [-0.25, -0.2) is 9.97 Å². The molecule has 0 radical (unpaired) electrons. The SMILES string of the molecule is CC(=O)NC1CCN(Cc2cc(Oc3ccc4c(ccn4C)c3)ncn2)CC1. The molecule has 1 fully saturated rings. The van der Waals surface area contributed by atoms with Gasteiger partial charge >= 0.3 is 0 Å². The zero-order valence-electron chi connectivity index (χ0n) is 16.3. The summed E-state index contributed by atoms with van der Waals surface area (Å²) in [5, 5.41) is 4.14. The Kier molecular flexibility index (Phi) is 5.25. The molecule has 0 unspecified atom stereocenters. The lowest BCUT2D eigenvalue weighted by Crippen LogP contribution is -2.43. The van der Waals surface area contributed by atoms with Gasteiger partial charge in [0.1, 0.15) is 12.1 Å². The highest BCUT2D eigenvalue weighted by Gasteiger charge is 2.20. The molecule has 0 aliphatic carbocycles. The second kappa shape index (κ2) is 7.98. The Morgan fingerprint density at radius 1 is 1.21 bits per heavy atom. The number of piperidine rings is 1. The molecule has 1 amide bonds. The average Bonchev–Trinajstić information content (AvgIpc) is 3.04. The third kappa shape index (κ3) is 4.31. The number of amides is 1. The Balaban J connectivity index is 1.38. The van der Waals surface area contributed by atoms with Crippen LogP contribution in [-0.2, 0) is 18.4 Å². The van der Waals surface area contributed by atoms with Crippen LogP contribution in [0.2, 0.25) is 0 Å². The van der Waals surface area contributed by atoms with E-state index in [0.29, 0.717) is 5.88 Å². The Morgan fingerprint density at radius 3 is 2.82 bits per heavy atom. The minimum atomic E-state index is 0.0460. The second-order valence-electron chi connectivity index (χ2n) is 7.35. The number of ether oxygens (including phenoxy) is 1. The largest absolute Gasteiger partial charge is 0.439 e. The van der Waals surface area contributed by atoms with E-state index in [1.807, 2.05) is 37.5 Å². The van der Waals surface area contributed by atoms with Crippen molar-refractivity contribution in [1.29, 1.82) is 0 Å². The van der Waals surface area contributed by atoms with E-state index in [0.717, 1.165) is 49.3 Å². The van der Waals surface area contributed by atoms with E-state index in [-0.39, 0.29) is 11.9 Å². The summed E-state index contributed by atoms with van der Waals surface area (Å²) in [5.74, 6) is 1.36. The molecule has 2 aromatic heterocycles. The van der Waals surface area contributed by atoms with E-state index in [1.165, 1.54) is 5.52 Å². The number of fused-ring (bicyclic) bond motifs is 1. The molecule has 1 aliphatic rings. The van der Waals surface area contributed by atoms with Crippen molar-refractivity contribution in [2.24, 2.45) is 7.05 Å². The predicted octanol–water partition coefficient (Wildman–Crippen LogP) is 2.86. The first kappa shape index (κ1) is 18.4. The van der Waals surface area contributed by atoms with Crippen LogP contribution >= 0.6 is 0 Å². The summed E-state index contributed by atoms with van der Waals surface area (Å²) in [4.78, 5) is 22.2. The summed E-state index contributed by atoms with van der Waals surface area (Å²) in [6.07, 6.45) is 5.51. The monoisotopic (exact) mass is 379 g/mol. The van der Waals surface area contributed by atoms with Crippen molar-refractivity contribution in [3.8, 4) is 11.6 Å². The first-order valence-corrected chi connectivity index (χ1v) is 9.60. The normalized spacial score (nSPS) is 15.6. The number of carbonyl (C=O) groups is 1. The van der Waals surface area contributed by atoms with Crippen molar-refractivity contribution in [3.63, 3.8) is 0 Å². The van der Waals surface area contributed by atoms with Crippen molar-refractivity contribution in [3.05, 3.63) is 48.5 Å². The van der Waals surface area contributed by atoms with E-state index < -0.39 is 0 Å². The van der Waals surface area contributed by atoms with E-state index >= 15 is 0 Å². The maximum absolute atomic E-state index is 11.2. The molecule has 3 aromatic rings. The number of nitrogens with zero attached hydrogens (tertiary/aromatic N) is 4. The van der Waals surface area contributed by atoms with Crippen molar-refractivity contribution in [2.75, 3.05) is 13.1 Å². The zero-order chi connectivity index (χ0) is 19.5. The van der Waals surface area contributed by atoms with Gasteiger partial charge in [0, 0.05) is 62.8 Å². The topological polar surface area (TPSA) is 72.3 Å². The molecule has 146 valence electrons. The lowest BCUT2D eigenvalue weighted by Gasteiger charge is -2.31. The van der Waals surface area contributed by atoms with Crippen LogP contribution in [0.5, 0.6) is 11.6 Å². The van der Waals surface area contributed by atoms with Crippen LogP contribution in [0.3, 0.4) is 0 Å². The Morgan fingerprint density at radius 2 is 2.04 bits per heavy atom. The van der Waals surface area contributed by atoms with Crippen molar-refractivity contribution >= 4 is 16.8 Å². The second-order valence-corrected chi connectivity index (χ2v) is 7.35. The molecule has 1 N–H and O–H groups in total. The van der Waals surface area contributed by atoms with Crippen LogP contribution in [0.15, 0.2) is 42.9 Å². The predicted molar refractivity (Wildman–Crippen MR) is 107 cm³/mol. The summed E-state index contributed by atoms with van der Waals surface area (Å²) in [6.45, 7) is 4.21. The quantitative estimate of drug-likeness (QED) is 0.738. The van der Waals surface area contributed by atoms with Gasteiger partial charge in [0.2, 0.25) is 11.8 Å². The molecule has 1 saturated heterocycles. The molecule has 0 bridgehead atoms. The van der Waals surface area contributed by atoms with Gasteiger partial charge in [0.25, 0.3) is 0 Å². The molecule has 28 heavy (non-hydrogen) atoms. The summed E-state index contributed by atoms with van der Waals surface area (Å²) in [5.41, 5.74) is 2.10. The van der Waals surface area contributed by atoms with Crippen LogP contribution in [-0.4, -0.2) is 44.5 Å². The molecule has 0 atom stereocenters. The summed E-state index contributed by atoms with van der Waals surface area (Å²) in [6, 6.07) is 10.3. The number of likely N-dealkylation sites (tertiary alicyclic amines) is 1. The fourth-order valence-corrected chi connectivity index (χ4v) is 3.72. The van der Waals surface area contributed by atoms with Gasteiger partial charge in [-0.15, -0.1) is 0 Å². The van der Waals surface area contributed by atoms with Crippen molar-refractivity contribution in [1.82, 2.24) is 24.8 Å². The first-order valence-electron chi connectivity index (χ1n) is 9.60. The molecule has 3 heterocycles. The number of aromatic nitrogens is 3. The maximum Gasteiger partial charge on any atom is 0.222 e. The van der Waals surface area contributed by atoms with E-state index in [9.17, 15) is 4.79 Å². The van der Waals surface area contributed by atoms with Crippen LogP contribution in [0.4, 0.5) is 0 Å². The molecule has 4 rings (SSSR count). The number of carbonyl (C=O) groups excluding carboxylic acids is 1. The van der Waals surface area contributed by atoms with E-state index in [4.69, 9.17) is 4.74 Å². The Bertz CT molecular complexity index is 976. The molecular weight excluding hydrogens is 354 g/mol. The number of nitrogens with one attached hydrogen (secondary N) is 1. The van der Waals surface area contributed by atoms with Crippen LogP contribution in [0.25, 0.3) is 10.9 Å². The van der Waals surface area contributed by atoms with E-state index in [1.54, 1.807) is 13.3 Å². The standard InChI is InChI=1S/C21H25N5O2/c1-15(27)24-17-6-9-26(10-7-17)13-18-12-21(23-14-22-18)28-19-3-4-20-16(11-19)5-8-25(20)2/h3-5,8,11-12,14,17H,6-7,9-10,13H2,1-2H3,(H,24,27). The van der Waals surface area contributed by atoms with Gasteiger partial charge in [-0.3, -0.25) is 9.69 Å². The molecular formula is C21H25N5O2. The van der Waals surface area contributed by atoms with Gasteiger partial charge in [0.05, 0.1) is 5.69 Å². The summed E-state index contributed by atoms with van der Waals surface area (Å²) in [7, 11) is 2.03. The number of aryl methyl sites for hydroxylation is 1. The highest BCUT2D eigenvalue weighted by Crippen LogP contribution is 2.25. The van der Waals surface area contributed by atoms with Gasteiger partial charge < -0.3 is 14.6 Å². The average molecular weight is 379 g/mol. The number of hydrogen-bond acceptors (Lipinski definition) is 5. The van der Waals surface area contributed by atoms with Gasteiger partial charge in [0.15, 0.2) is 0 Å². The van der Waals surface area contributed by atoms with Gasteiger partial charge in [-0.05, 0) is 37.1 Å². The lowest BCUT2D eigenvalue weighted by atomic mass is 10.0. The van der Waals surface area contributed by atoms with Gasteiger partial charge in [-0.2, -0.15) is 0 Å². The van der Waals surface area contributed by atoms with Gasteiger partial charge in [-0.1, -0.05) is 0 Å². The molecule has 0 saturated carbocycles. The van der Waals surface area contributed by atoms with Crippen LogP contribution in [0, 0.1) is 0 Å². The third-order valence-electron chi connectivity index (χ3n) is 5.16. The molecule has 7 heteroatoms. The van der Waals surface area contributed by atoms with Crippen molar-refractivity contribution in [2.45, 2.75) is 32.4 Å². The number of hydrogen-bond donors (Lipinski definition) is 1. The van der Waals surface area contributed by atoms with Crippen LogP contribution < -0.4 is 10.1 Å². The number of rotatable bonds is 5. The molecule has 1 aliphatic heterocycles. The minimum Gasteiger partial charge on any atom is -0.439 e. The van der Waals surface area contributed by atoms with Crippen molar-refractivity contribution < 1.29 is 9.53 Å². The molecule has 1 aromatic carbocycles. The highest BCUT2D eigenvalue weighted by molar-refractivity contribution is 5.81. The minimum absolute atomic E-state index is 0.0460.